The number of hydrogen-bond acceptors (Lipinski definition) is 10. The van der Waals surface area contributed by atoms with Gasteiger partial charge in [0, 0.05) is 57.0 Å². The molecule has 0 bridgehead atoms. The van der Waals surface area contributed by atoms with E-state index in [-0.39, 0.29) is 5.92 Å². The zero-order chi connectivity index (χ0) is 36.1. The van der Waals surface area contributed by atoms with Crippen LogP contribution in [0.2, 0.25) is 0 Å². The van der Waals surface area contributed by atoms with E-state index in [2.05, 4.69) is 53.4 Å². The van der Waals surface area contributed by atoms with Gasteiger partial charge in [-0.15, -0.1) is 22.7 Å². The van der Waals surface area contributed by atoms with Crippen LogP contribution in [0.5, 0.6) is 0 Å². The summed E-state index contributed by atoms with van der Waals surface area (Å²) in [5.74, 6) is 3.95. The van der Waals surface area contributed by atoms with Gasteiger partial charge in [0.25, 0.3) is 0 Å². The maximum atomic E-state index is 11.2. The van der Waals surface area contributed by atoms with Crippen molar-refractivity contribution in [3.63, 3.8) is 0 Å². The van der Waals surface area contributed by atoms with E-state index in [0.29, 0.717) is 55.8 Å². The molecule has 2 N–H and O–H groups in total. The molecule has 2 saturated carbocycles. The third kappa shape index (κ3) is 6.20. The first-order valence-electron chi connectivity index (χ1n) is 18.9. The molecule has 2 aliphatic carbocycles. The number of thiophene rings is 2. The molecular formula is C39H42N10O2S2. The van der Waals surface area contributed by atoms with Crippen molar-refractivity contribution in [1.82, 2.24) is 39.3 Å². The number of carbonyl (C=O) groups is 1. The minimum Gasteiger partial charge on any atom is -0.465 e. The van der Waals surface area contributed by atoms with Crippen LogP contribution in [-0.4, -0.2) is 71.3 Å². The zero-order valence-corrected chi connectivity index (χ0v) is 31.2. The Hall–Kier alpha value is -4.63. The third-order valence-electron chi connectivity index (χ3n) is 12.1. The number of rotatable bonds is 6. The molecule has 4 aliphatic rings. The molecule has 4 fully saturated rings. The number of hydrogen-bond donors (Lipinski definition) is 2. The summed E-state index contributed by atoms with van der Waals surface area (Å²) in [5, 5.41) is 34.8. The maximum absolute atomic E-state index is 11.2. The Morgan fingerprint density at radius 2 is 1.21 bits per heavy atom. The lowest BCUT2D eigenvalue weighted by Gasteiger charge is -2.38. The summed E-state index contributed by atoms with van der Waals surface area (Å²) in [4.78, 5) is 31.7. The summed E-state index contributed by atoms with van der Waals surface area (Å²) in [6, 6.07) is 9.66. The van der Waals surface area contributed by atoms with Crippen molar-refractivity contribution in [2.75, 3.05) is 26.2 Å². The molecule has 2 saturated heterocycles. The number of likely N-dealkylation sites (tertiary alicyclic amines) is 1. The third-order valence-corrected chi connectivity index (χ3v) is 13.9. The predicted octanol–water partition coefficient (Wildman–Crippen LogP) is 8.35. The van der Waals surface area contributed by atoms with E-state index in [4.69, 9.17) is 20.5 Å². The second-order valence-electron chi connectivity index (χ2n) is 15.2. The SMILES string of the molecule is N#CCC1CCC(n2c(C3CN(C(=O)O)C3)nc3cnc4ccsc4c32)CC1.N#CCC1CCC(n2c(C3CNC3)nc3cnc4ccsc4c32)CC1. The molecule has 0 unspecified atom stereocenters. The van der Waals surface area contributed by atoms with Gasteiger partial charge in [-0.3, -0.25) is 9.97 Å². The fourth-order valence-electron chi connectivity index (χ4n) is 9.05. The van der Waals surface area contributed by atoms with Crippen molar-refractivity contribution in [2.45, 2.75) is 88.1 Å². The molecule has 0 radical (unpaired) electrons. The number of nitrogens with one attached hydrogen (secondary N) is 1. The smallest absolute Gasteiger partial charge is 0.407 e. The van der Waals surface area contributed by atoms with Gasteiger partial charge in [-0.1, -0.05) is 0 Å². The van der Waals surface area contributed by atoms with Gasteiger partial charge in [-0.25, -0.2) is 14.8 Å². The van der Waals surface area contributed by atoms with Crippen LogP contribution in [0.25, 0.3) is 42.5 Å². The van der Waals surface area contributed by atoms with Gasteiger partial charge in [0.2, 0.25) is 0 Å². The highest BCUT2D eigenvalue weighted by Gasteiger charge is 2.38. The molecule has 12 nitrogen and oxygen atoms in total. The van der Waals surface area contributed by atoms with Crippen LogP contribution in [0.3, 0.4) is 0 Å². The van der Waals surface area contributed by atoms with Gasteiger partial charge >= 0.3 is 6.09 Å². The first kappa shape index (κ1) is 34.2. The molecule has 8 heterocycles. The Morgan fingerprint density at radius 3 is 1.62 bits per heavy atom. The van der Waals surface area contributed by atoms with E-state index in [1.165, 1.54) is 20.9 Å². The number of imidazole rings is 2. The molecule has 0 atom stereocenters. The summed E-state index contributed by atoms with van der Waals surface area (Å²) < 4.78 is 7.36. The van der Waals surface area contributed by atoms with Crippen molar-refractivity contribution in [1.29, 1.82) is 10.5 Å². The van der Waals surface area contributed by atoms with E-state index in [1.807, 2.05) is 18.5 Å². The lowest BCUT2D eigenvalue weighted by molar-refractivity contribution is 0.101. The standard InChI is InChI=1S/C20H21N5O2S.C19H21N5S/c21-7-5-12-1-3-14(4-2-12)25-17-16(9-22-15-6-8-28-18(15)17)23-19(25)13-10-24(11-13)20(26)27;20-7-5-12-1-3-14(4-2-12)24-17-16(23-19(24)13-9-21-10-13)11-22-15-6-8-25-18(15)17/h6,8-9,12-14H,1-5,10-11H2,(H,26,27);6,8,11-14,21H,1-5,9-10H2. The lowest BCUT2D eigenvalue weighted by atomic mass is 9.84. The molecule has 1 amide bonds. The van der Waals surface area contributed by atoms with E-state index >= 15 is 0 Å². The first-order chi connectivity index (χ1) is 26.0. The van der Waals surface area contributed by atoms with Gasteiger partial charge in [-0.05, 0) is 86.1 Å². The largest absolute Gasteiger partial charge is 0.465 e. The summed E-state index contributed by atoms with van der Waals surface area (Å²) in [7, 11) is 0. The molecule has 14 heteroatoms. The molecule has 53 heavy (non-hydrogen) atoms. The number of amides is 1. The van der Waals surface area contributed by atoms with Gasteiger partial charge in [0.1, 0.15) is 22.7 Å². The lowest BCUT2D eigenvalue weighted by Crippen LogP contribution is -2.48. The molecular weight excluding hydrogens is 705 g/mol. The molecule has 272 valence electrons. The van der Waals surface area contributed by atoms with Crippen LogP contribution >= 0.6 is 22.7 Å². The van der Waals surface area contributed by atoms with E-state index in [0.717, 1.165) is 103 Å². The number of carboxylic acid groups (broad SMARTS) is 1. The number of nitriles is 2. The minimum atomic E-state index is -0.863. The Balaban J connectivity index is 0.000000141. The molecule has 6 aromatic rings. The molecule has 10 rings (SSSR count). The fraction of sp³-hybridized carbons (Fsp3) is 0.513. The second kappa shape index (κ2) is 14.3. The van der Waals surface area contributed by atoms with Crippen LogP contribution in [0.4, 0.5) is 4.79 Å². The highest BCUT2D eigenvalue weighted by molar-refractivity contribution is 7.18. The van der Waals surface area contributed by atoms with Gasteiger partial charge < -0.3 is 24.5 Å². The highest BCUT2D eigenvalue weighted by Crippen LogP contribution is 2.43. The molecule has 2 aliphatic heterocycles. The summed E-state index contributed by atoms with van der Waals surface area (Å²) in [5.41, 5.74) is 6.44. The van der Waals surface area contributed by atoms with E-state index < -0.39 is 6.09 Å². The second-order valence-corrected chi connectivity index (χ2v) is 17.1. The Bertz CT molecular complexity index is 2370. The van der Waals surface area contributed by atoms with Crippen LogP contribution < -0.4 is 5.32 Å². The zero-order valence-electron chi connectivity index (χ0n) is 29.5. The fourth-order valence-corrected chi connectivity index (χ4v) is 10.8. The van der Waals surface area contributed by atoms with Crippen LogP contribution in [0.15, 0.2) is 35.3 Å². The van der Waals surface area contributed by atoms with Gasteiger partial charge in [0.05, 0.1) is 61.9 Å². The Labute approximate surface area is 315 Å². The first-order valence-corrected chi connectivity index (χ1v) is 20.7. The quantitative estimate of drug-likeness (QED) is 0.171. The van der Waals surface area contributed by atoms with Crippen LogP contribution in [0, 0.1) is 34.5 Å². The van der Waals surface area contributed by atoms with Crippen molar-refractivity contribution >= 4 is 71.3 Å². The van der Waals surface area contributed by atoms with Crippen molar-refractivity contribution in [3.05, 3.63) is 46.9 Å². The molecule has 0 aromatic carbocycles. The normalized spacial score (nSPS) is 23.7. The maximum Gasteiger partial charge on any atom is 0.407 e. The number of nitrogens with zero attached hydrogens (tertiary/aromatic N) is 9. The van der Waals surface area contributed by atoms with Gasteiger partial charge in [-0.2, -0.15) is 10.5 Å². The number of pyridine rings is 2. The van der Waals surface area contributed by atoms with Crippen molar-refractivity contribution in [3.8, 4) is 12.1 Å². The number of aromatic nitrogens is 6. The Morgan fingerprint density at radius 1 is 0.736 bits per heavy atom. The monoisotopic (exact) mass is 746 g/mol. The predicted molar refractivity (Wildman–Crippen MR) is 206 cm³/mol. The van der Waals surface area contributed by atoms with Crippen molar-refractivity contribution < 1.29 is 9.90 Å². The average molecular weight is 747 g/mol. The molecule has 6 aromatic heterocycles. The average Bonchev–Trinajstić information content (AvgIpc) is 3.92. The summed E-state index contributed by atoms with van der Waals surface area (Å²) >= 11 is 3.46. The van der Waals surface area contributed by atoms with Crippen LogP contribution in [-0.2, 0) is 0 Å². The Kier molecular flexibility index (Phi) is 9.22. The van der Waals surface area contributed by atoms with E-state index in [1.54, 1.807) is 22.7 Å². The van der Waals surface area contributed by atoms with E-state index in [9.17, 15) is 9.90 Å². The number of fused-ring (bicyclic) bond motifs is 6. The minimum absolute atomic E-state index is 0.135. The highest BCUT2D eigenvalue weighted by atomic mass is 32.1. The summed E-state index contributed by atoms with van der Waals surface area (Å²) in [6.45, 7) is 3.05. The van der Waals surface area contributed by atoms with Crippen molar-refractivity contribution in [2.24, 2.45) is 11.8 Å². The van der Waals surface area contributed by atoms with Crippen LogP contribution in [0.1, 0.15) is 99.8 Å². The molecule has 0 spiro atoms. The topological polar surface area (TPSA) is 162 Å². The van der Waals surface area contributed by atoms with Gasteiger partial charge in [0.15, 0.2) is 0 Å². The summed E-state index contributed by atoms with van der Waals surface area (Å²) in [6.07, 6.45) is 13.1.